The van der Waals surface area contributed by atoms with Gasteiger partial charge in [-0.05, 0) is 63.6 Å². The van der Waals surface area contributed by atoms with Crippen molar-refractivity contribution in [3.05, 3.63) is 28.8 Å². The molecule has 0 aromatic heterocycles. The van der Waals surface area contributed by atoms with Crippen LogP contribution in [-0.2, 0) is 9.47 Å². The first-order chi connectivity index (χ1) is 12.8. The molecule has 2 rings (SSSR count). The number of rotatable bonds is 5. The summed E-state index contributed by atoms with van der Waals surface area (Å²) in [4.78, 5) is 23.8. The largest absolute Gasteiger partial charge is 0.465 e. The van der Waals surface area contributed by atoms with E-state index in [1.165, 1.54) is 7.11 Å². The second-order valence-corrected chi connectivity index (χ2v) is 9.39. The molecule has 1 amide bonds. The predicted octanol–water partition coefficient (Wildman–Crippen LogP) is 4.87. The van der Waals surface area contributed by atoms with Crippen molar-refractivity contribution in [2.75, 3.05) is 12.4 Å². The summed E-state index contributed by atoms with van der Waals surface area (Å²) in [6.07, 6.45) is 0.438. The molecule has 28 heavy (non-hydrogen) atoms. The molecular weight excluding hydrogens is 380 g/mol. The molecule has 2 N–H and O–H groups in total. The van der Waals surface area contributed by atoms with Gasteiger partial charge in [0.15, 0.2) is 0 Å². The zero-order valence-corrected chi connectivity index (χ0v) is 18.4. The number of carbonyl (C=O) groups is 2. The first kappa shape index (κ1) is 22.3. The van der Waals surface area contributed by atoms with E-state index in [1.807, 2.05) is 20.8 Å². The molecule has 0 saturated heterocycles. The van der Waals surface area contributed by atoms with Crippen LogP contribution in [0.2, 0.25) is 5.02 Å². The van der Waals surface area contributed by atoms with Crippen LogP contribution >= 0.6 is 11.6 Å². The molecule has 1 aromatic carbocycles. The summed E-state index contributed by atoms with van der Waals surface area (Å²) in [5.74, 6) is -0.0942. The molecule has 1 aliphatic rings. The van der Waals surface area contributed by atoms with E-state index in [4.69, 9.17) is 21.1 Å². The lowest BCUT2D eigenvalue weighted by molar-refractivity contribution is -0.00858. The van der Waals surface area contributed by atoms with Crippen LogP contribution in [0.3, 0.4) is 0 Å². The van der Waals surface area contributed by atoms with E-state index in [1.54, 1.807) is 18.2 Å². The minimum absolute atomic E-state index is 0.0356. The highest BCUT2D eigenvalue weighted by atomic mass is 35.5. The number of nitrogens with one attached hydrogen (secondary N) is 2. The van der Waals surface area contributed by atoms with Crippen molar-refractivity contribution in [3.63, 3.8) is 0 Å². The van der Waals surface area contributed by atoms with Crippen molar-refractivity contribution in [2.45, 2.75) is 65.6 Å². The summed E-state index contributed by atoms with van der Waals surface area (Å²) in [5, 5.41) is 6.94. The minimum atomic E-state index is -0.520. The highest BCUT2D eigenvalue weighted by Crippen LogP contribution is 2.48. The SMILES string of the molecule is COC(=O)c1ccc(Cl)c(N[C@@H](C)[C@H]2C[C@@H](NC(=O)OC(C)(C)C)C2(C)C)c1. The Hall–Kier alpha value is -1.95. The van der Waals surface area contributed by atoms with Gasteiger partial charge in [-0.1, -0.05) is 25.4 Å². The molecule has 7 heteroatoms. The number of hydrogen-bond acceptors (Lipinski definition) is 5. The summed E-state index contributed by atoms with van der Waals surface area (Å²) in [7, 11) is 1.35. The van der Waals surface area contributed by atoms with Crippen LogP contribution in [0, 0.1) is 11.3 Å². The van der Waals surface area contributed by atoms with Crippen LogP contribution < -0.4 is 10.6 Å². The van der Waals surface area contributed by atoms with Gasteiger partial charge in [-0.3, -0.25) is 0 Å². The third kappa shape index (κ3) is 5.10. The smallest absolute Gasteiger partial charge is 0.407 e. The van der Waals surface area contributed by atoms with Crippen LogP contribution in [0.1, 0.15) is 58.3 Å². The van der Waals surface area contributed by atoms with Gasteiger partial charge in [-0.25, -0.2) is 9.59 Å². The van der Waals surface area contributed by atoms with Gasteiger partial charge in [0.25, 0.3) is 0 Å². The first-order valence-electron chi connectivity index (χ1n) is 9.49. The molecule has 0 spiro atoms. The Morgan fingerprint density at radius 1 is 1.29 bits per heavy atom. The second-order valence-electron chi connectivity index (χ2n) is 8.98. The highest BCUT2D eigenvalue weighted by Gasteiger charge is 2.51. The second kappa shape index (κ2) is 8.19. The molecule has 6 nitrogen and oxygen atoms in total. The van der Waals surface area contributed by atoms with Crippen molar-refractivity contribution in [1.82, 2.24) is 5.32 Å². The summed E-state index contributed by atoms with van der Waals surface area (Å²) in [5.41, 5.74) is 0.499. The maximum Gasteiger partial charge on any atom is 0.407 e. The van der Waals surface area contributed by atoms with E-state index in [0.29, 0.717) is 22.2 Å². The Morgan fingerprint density at radius 3 is 2.46 bits per heavy atom. The topological polar surface area (TPSA) is 76.7 Å². The summed E-state index contributed by atoms with van der Waals surface area (Å²) < 4.78 is 10.1. The lowest BCUT2D eigenvalue weighted by atomic mass is 9.56. The van der Waals surface area contributed by atoms with Crippen LogP contribution in [-0.4, -0.2) is 36.9 Å². The van der Waals surface area contributed by atoms with E-state index in [9.17, 15) is 9.59 Å². The van der Waals surface area contributed by atoms with Crippen LogP contribution in [0.25, 0.3) is 0 Å². The Balaban J connectivity index is 2.02. The monoisotopic (exact) mass is 410 g/mol. The molecule has 156 valence electrons. The fourth-order valence-electron chi connectivity index (χ4n) is 3.73. The number of amides is 1. The molecular formula is C21H31ClN2O4. The average Bonchev–Trinajstić information content (AvgIpc) is 2.57. The van der Waals surface area contributed by atoms with Crippen LogP contribution in [0.15, 0.2) is 18.2 Å². The average molecular weight is 411 g/mol. The van der Waals surface area contributed by atoms with Gasteiger partial charge in [0.2, 0.25) is 0 Å². The van der Waals surface area contributed by atoms with Crippen molar-refractivity contribution < 1.29 is 19.1 Å². The molecule has 1 fully saturated rings. The molecule has 1 aliphatic carbocycles. The number of esters is 1. The Labute approximate surface area is 172 Å². The van der Waals surface area contributed by atoms with Crippen molar-refractivity contribution in [3.8, 4) is 0 Å². The maximum absolute atomic E-state index is 12.1. The lowest BCUT2D eigenvalue weighted by Crippen LogP contribution is -2.62. The Bertz CT molecular complexity index is 742. The predicted molar refractivity (Wildman–Crippen MR) is 111 cm³/mol. The maximum atomic E-state index is 12.1. The van der Waals surface area contributed by atoms with Gasteiger partial charge in [0.1, 0.15) is 5.60 Å². The van der Waals surface area contributed by atoms with Crippen LogP contribution in [0.5, 0.6) is 0 Å². The normalized spacial score (nSPS) is 21.9. The van der Waals surface area contributed by atoms with Gasteiger partial charge in [0, 0.05) is 12.1 Å². The summed E-state index contributed by atoms with van der Waals surface area (Å²) in [6, 6.07) is 5.15. The minimum Gasteiger partial charge on any atom is -0.465 e. The zero-order valence-electron chi connectivity index (χ0n) is 17.7. The third-order valence-corrected chi connectivity index (χ3v) is 5.74. The quantitative estimate of drug-likeness (QED) is 0.677. The van der Waals surface area contributed by atoms with Gasteiger partial charge in [-0.15, -0.1) is 0 Å². The third-order valence-electron chi connectivity index (χ3n) is 5.41. The standard InChI is InChI=1S/C21H31ClN2O4/c1-12(23-16-10-13(18(25)27-7)8-9-15(16)22)14-11-17(21(14,5)6)24-19(26)28-20(2,3)4/h8-10,12,14,17,23H,11H2,1-7H3,(H,24,26)/t12-,14+,17+/m0/s1. The van der Waals surface area contributed by atoms with Gasteiger partial charge in [-0.2, -0.15) is 0 Å². The first-order valence-corrected chi connectivity index (χ1v) is 9.87. The zero-order chi connectivity index (χ0) is 21.3. The van der Waals surface area contributed by atoms with Gasteiger partial charge < -0.3 is 20.1 Å². The molecule has 0 unspecified atom stereocenters. The lowest BCUT2D eigenvalue weighted by Gasteiger charge is -2.54. The molecule has 0 bridgehead atoms. The molecule has 1 saturated carbocycles. The Kier molecular flexibility index (Phi) is 6.54. The number of hydrogen-bond donors (Lipinski definition) is 2. The molecule has 3 atom stereocenters. The number of ether oxygens (including phenoxy) is 2. The number of carbonyl (C=O) groups excluding carboxylic acids is 2. The van der Waals surface area contributed by atoms with Gasteiger partial charge in [0.05, 0.1) is 23.4 Å². The van der Waals surface area contributed by atoms with Crippen LogP contribution in [0.4, 0.5) is 10.5 Å². The Morgan fingerprint density at radius 2 is 1.93 bits per heavy atom. The highest BCUT2D eigenvalue weighted by molar-refractivity contribution is 6.33. The fourth-order valence-corrected chi connectivity index (χ4v) is 3.90. The number of anilines is 1. The molecule has 0 heterocycles. The van der Waals surface area contributed by atoms with E-state index in [0.717, 1.165) is 6.42 Å². The van der Waals surface area contributed by atoms with Crippen molar-refractivity contribution in [1.29, 1.82) is 0 Å². The number of benzene rings is 1. The van der Waals surface area contributed by atoms with E-state index in [-0.39, 0.29) is 17.5 Å². The molecule has 1 aromatic rings. The number of alkyl carbamates (subject to hydrolysis) is 1. The number of halogens is 1. The van der Waals surface area contributed by atoms with E-state index >= 15 is 0 Å². The van der Waals surface area contributed by atoms with Crippen molar-refractivity contribution >= 4 is 29.4 Å². The fraction of sp³-hybridized carbons (Fsp3) is 0.619. The van der Waals surface area contributed by atoms with E-state index in [2.05, 4.69) is 31.4 Å². The summed E-state index contributed by atoms with van der Waals surface area (Å²) >= 11 is 6.30. The van der Waals surface area contributed by atoms with Gasteiger partial charge >= 0.3 is 12.1 Å². The van der Waals surface area contributed by atoms with Crippen molar-refractivity contribution in [2.24, 2.45) is 11.3 Å². The number of methoxy groups -OCH3 is 1. The van der Waals surface area contributed by atoms with E-state index < -0.39 is 17.7 Å². The molecule has 0 aliphatic heterocycles. The summed E-state index contributed by atoms with van der Waals surface area (Å²) in [6.45, 7) is 11.9. The molecule has 0 radical (unpaired) electrons.